The van der Waals surface area contributed by atoms with Crippen LogP contribution < -0.4 is 0 Å². The molecule has 0 aliphatic heterocycles. The zero-order valence-corrected chi connectivity index (χ0v) is 20.5. The predicted octanol–water partition coefficient (Wildman–Crippen LogP) is 8.34. The maximum absolute atomic E-state index is 5.33. The van der Waals surface area contributed by atoms with E-state index in [4.69, 9.17) is 9.97 Å². The third-order valence-electron chi connectivity index (χ3n) is 7.33. The molecule has 0 fully saturated rings. The molecule has 0 spiro atoms. The lowest BCUT2D eigenvalue weighted by Crippen LogP contribution is -2.05. The van der Waals surface area contributed by atoms with Gasteiger partial charge in [0.25, 0.3) is 0 Å². The largest absolute Gasteiger partial charge is 0.305 e. The van der Waals surface area contributed by atoms with Gasteiger partial charge in [-0.05, 0) is 30.3 Å². The summed E-state index contributed by atoms with van der Waals surface area (Å²) < 4.78 is 4.61. The quantitative estimate of drug-likeness (QED) is 0.252. The summed E-state index contributed by atoms with van der Waals surface area (Å²) in [6.07, 6.45) is 0. The molecule has 0 aliphatic carbocycles. The Kier molecular flexibility index (Phi) is 4.49. The molecule has 8 aromatic rings. The van der Waals surface area contributed by atoms with Gasteiger partial charge in [0, 0.05) is 27.4 Å². The maximum Gasteiger partial charge on any atom is 0.166 e. The summed E-state index contributed by atoms with van der Waals surface area (Å²) in [6, 6.07) is 46.4. The Morgan fingerprint density at radius 1 is 0.421 bits per heavy atom. The van der Waals surface area contributed by atoms with Gasteiger partial charge in [-0.15, -0.1) is 0 Å². The summed E-state index contributed by atoms with van der Waals surface area (Å²) in [5, 5.41) is 3.52. The number of aromatic nitrogens is 4. The average molecular weight is 487 g/mol. The standard InChI is InChI=1S/C34H22N4/c1-3-13-23(14-4-1)33-35-31-27-19-9-12-22-30(27)37(24-15-5-2-6-16-24)32(31)34(36-33)38-28-20-10-7-17-25(28)26-18-8-11-21-29(26)38/h1-22H. The van der Waals surface area contributed by atoms with Gasteiger partial charge in [-0.1, -0.05) is 103 Å². The summed E-state index contributed by atoms with van der Waals surface area (Å²) in [5.41, 5.74) is 7.36. The van der Waals surface area contributed by atoms with E-state index in [0.717, 1.165) is 50.0 Å². The third kappa shape index (κ3) is 2.98. The van der Waals surface area contributed by atoms with Gasteiger partial charge in [-0.2, -0.15) is 0 Å². The molecule has 178 valence electrons. The van der Waals surface area contributed by atoms with Crippen LogP contribution in [-0.2, 0) is 0 Å². The minimum atomic E-state index is 0.714. The predicted molar refractivity (Wildman–Crippen MR) is 156 cm³/mol. The average Bonchev–Trinajstić information content (AvgIpc) is 3.51. The van der Waals surface area contributed by atoms with E-state index in [1.54, 1.807) is 0 Å². The molecule has 4 nitrogen and oxygen atoms in total. The van der Waals surface area contributed by atoms with E-state index in [-0.39, 0.29) is 0 Å². The van der Waals surface area contributed by atoms with Gasteiger partial charge >= 0.3 is 0 Å². The molecule has 5 aromatic carbocycles. The van der Waals surface area contributed by atoms with Crippen molar-refractivity contribution in [2.24, 2.45) is 0 Å². The van der Waals surface area contributed by atoms with E-state index in [2.05, 4.69) is 124 Å². The van der Waals surface area contributed by atoms with E-state index in [9.17, 15) is 0 Å². The van der Waals surface area contributed by atoms with Crippen molar-refractivity contribution in [3.05, 3.63) is 133 Å². The van der Waals surface area contributed by atoms with Crippen LogP contribution in [0.5, 0.6) is 0 Å². The number of nitrogens with zero attached hydrogens (tertiary/aromatic N) is 4. The van der Waals surface area contributed by atoms with E-state index in [0.29, 0.717) is 5.82 Å². The molecule has 0 saturated carbocycles. The number of rotatable bonds is 3. The van der Waals surface area contributed by atoms with E-state index < -0.39 is 0 Å². The Hall–Kier alpha value is -5.22. The molecule has 0 radical (unpaired) electrons. The highest BCUT2D eigenvalue weighted by atomic mass is 15.1. The van der Waals surface area contributed by atoms with Crippen LogP contribution in [0.2, 0.25) is 0 Å². The third-order valence-corrected chi connectivity index (χ3v) is 7.33. The first-order valence-electron chi connectivity index (χ1n) is 12.8. The van der Waals surface area contributed by atoms with Gasteiger partial charge in [-0.3, -0.25) is 4.57 Å². The highest BCUT2D eigenvalue weighted by molar-refractivity contribution is 6.13. The second-order valence-electron chi connectivity index (χ2n) is 9.49. The SMILES string of the molecule is c1ccc(-c2nc(-n3c4ccccc4c4ccccc43)c3c(n2)c2ccccc2n3-c2ccccc2)cc1. The molecule has 8 rings (SSSR count). The minimum absolute atomic E-state index is 0.714. The second-order valence-corrected chi connectivity index (χ2v) is 9.49. The van der Waals surface area contributed by atoms with Crippen molar-refractivity contribution in [1.82, 2.24) is 19.1 Å². The Morgan fingerprint density at radius 3 is 1.55 bits per heavy atom. The summed E-state index contributed by atoms with van der Waals surface area (Å²) in [4.78, 5) is 10.5. The van der Waals surface area contributed by atoms with Crippen molar-refractivity contribution in [2.75, 3.05) is 0 Å². The van der Waals surface area contributed by atoms with Crippen LogP contribution in [0.3, 0.4) is 0 Å². The van der Waals surface area contributed by atoms with Gasteiger partial charge < -0.3 is 4.57 Å². The van der Waals surface area contributed by atoms with Gasteiger partial charge in [0.1, 0.15) is 11.0 Å². The van der Waals surface area contributed by atoms with Crippen LogP contribution in [-0.4, -0.2) is 19.1 Å². The number of hydrogen-bond donors (Lipinski definition) is 0. The normalized spacial score (nSPS) is 11.7. The fourth-order valence-electron chi connectivity index (χ4n) is 5.69. The van der Waals surface area contributed by atoms with Crippen molar-refractivity contribution < 1.29 is 0 Å². The van der Waals surface area contributed by atoms with E-state index in [1.807, 2.05) is 18.2 Å². The first-order valence-corrected chi connectivity index (χ1v) is 12.8. The summed E-state index contributed by atoms with van der Waals surface area (Å²) in [6.45, 7) is 0. The zero-order valence-electron chi connectivity index (χ0n) is 20.5. The topological polar surface area (TPSA) is 35.6 Å². The Morgan fingerprint density at radius 2 is 0.921 bits per heavy atom. The molecular weight excluding hydrogens is 464 g/mol. The highest BCUT2D eigenvalue weighted by Gasteiger charge is 2.23. The molecule has 3 heterocycles. The molecule has 0 atom stereocenters. The molecule has 4 heteroatoms. The van der Waals surface area contributed by atoms with Crippen LogP contribution in [0.25, 0.3) is 66.6 Å². The second kappa shape index (κ2) is 8.15. The lowest BCUT2D eigenvalue weighted by atomic mass is 10.2. The number of benzene rings is 5. The molecule has 0 saturated heterocycles. The Bertz CT molecular complexity index is 2070. The summed E-state index contributed by atoms with van der Waals surface area (Å²) in [7, 11) is 0. The van der Waals surface area contributed by atoms with Gasteiger partial charge in [0.05, 0.1) is 16.6 Å². The summed E-state index contributed by atoms with van der Waals surface area (Å²) >= 11 is 0. The Balaban J connectivity index is 1.63. The van der Waals surface area contributed by atoms with Crippen LogP contribution >= 0.6 is 0 Å². The van der Waals surface area contributed by atoms with Crippen LogP contribution in [0.15, 0.2) is 133 Å². The fourth-order valence-corrected chi connectivity index (χ4v) is 5.69. The maximum atomic E-state index is 5.33. The zero-order chi connectivity index (χ0) is 25.1. The van der Waals surface area contributed by atoms with Gasteiger partial charge in [-0.25, -0.2) is 9.97 Å². The van der Waals surface area contributed by atoms with Crippen LogP contribution in [0.1, 0.15) is 0 Å². The van der Waals surface area contributed by atoms with Crippen molar-refractivity contribution in [1.29, 1.82) is 0 Å². The molecule has 38 heavy (non-hydrogen) atoms. The van der Waals surface area contributed by atoms with Gasteiger partial charge in [0.2, 0.25) is 0 Å². The van der Waals surface area contributed by atoms with Crippen molar-refractivity contribution >= 4 is 43.7 Å². The van der Waals surface area contributed by atoms with Crippen LogP contribution in [0, 0.1) is 0 Å². The highest BCUT2D eigenvalue weighted by Crippen LogP contribution is 2.39. The molecule has 0 amide bonds. The lowest BCUT2D eigenvalue weighted by molar-refractivity contribution is 1.05. The van der Waals surface area contributed by atoms with Crippen molar-refractivity contribution in [3.8, 4) is 22.9 Å². The van der Waals surface area contributed by atoms with Crippen molar-refractivity contribution in [3.63, 3.8) is 0 Å². The van der Waals surface area contributed by atoms with E-state index in [1.165, 1.54) is 10.8 Å². The van der Waals surface area contributed by atoms with Crippen LogP contribution in [0.4, 0.5) is 0 Å². The smallest absolute Gasteiger partial charge is 0.166 e. The summed E-state index contributed by atoms with van der Waals surface area (Å²) in [5.74, 6) is 1.58. The first-order chi connectivity index (χ1) is 18.9. The minimum Gasteiger partial charge on any atom is -0.305 e. The molecular formula is C34H22N4. The molecule has 0 bridgehead atoms. The first kappa shape index (κ1) is 20.9. The van der Waals surface area contributed by atoms with E-state index >= 15 is 0 Å². The Labute approximate surface area is 219 Å². The number of hydrogen-bond acceptors (Lipinski definition) is 2. The molecule has 0 N–H and O–H groups in total. The molecule has 0 unspecified atom stereocenters. The lowest BCUT2D eigenvalue weighted by Gasteiger charge is -2.14. The van der Waals surface area contributed by atoms with Crippen molar-refractivity contribution in [2.45, 2.75) is 0 Å². The number of fused-ring (bicyclic) bond motifs is 6. The van der Waals surface area contributed by atoms with Gasteiger partial charge in [0.15, 0.2) is 11.6 Å². The molecule has 0 aliphatic rings. The molecule has 3 aromatic heterocycles. The fraction of sp³-hybridized carbons (Fsp3) is 0. The number of para-hydroxylation sites is 4. The monoisotopic (exact) mass is 486 g/mol.